The number of hydrogen-bond donors (Lipinski definition) is 2. The molecule has 6 aromatic rings. The molecular formula is C68H78N4O2. The molecule has 0 fully saturated rings. The first kappa shape index (κ1) is 47.1. The van der Waals surface area contributed by atoms with Crippen LogP contribution in [0.25, 0.3) is 11.4 Å². The van der Waals surface area contributed by atoms with E-state index in [4.69, 9.17) is 10.2 Å². The lowest BCUT2D eigenvalue weighted by atomic mass is 9.54. The molecule has 2 heterocycles. The van der Waals surface area contributed by atoms with Gasteiger partial charge in [-0.25, -0.2) is 10.2 Å². The Balaban J connectivity index is 1.08. The maximum Gasteiger partial charge on any atom is 0.268 e. The Morgan fingerprint density at radius 1 is 0.297 bits per heavy atom. The first-order chi connectivity index (χ1) is 34.5. The van der Waals surface area contributed by atoms with E-state index in [2.05, 4.69) is 170 Å². The smallest absolute Gasteiger partial charge is 0.268 e. The minimum absolute atomic E-state index is 0.000851. The zero-order valence-electron chi connectivity index (χ0n) is 47.3. The van der Waals surface area contributed by atoms with Gasteiger partial charge in [-0.15, -0.1) is 0 Å². The number of benzene rings is 4. The molecule has 16 rings (SSSR count). The standard InChI is InChI=1S/C68H78N4O2/c1-61(2)17-21-65(9,10)45-29-37-33(25-41(45)61)49-34-26-42-46(66(11,12)22-18-62(42,3)4)30-38(34)51(37)55-53(49)57(69-71-59(55)73)58-54-50-35-27-43-47(67(13,14)23-19-63(43,5)6)31-39(35)52(56(54)60(74)72-70-58)40-32-48-44(28-36(40)50)64(7,8)20-24-68(48,15)16/h25-32,49-52H,17-24H2,1-16H3,(H,71,73)(H,72,74). The van der Waals surface area contributed by atoms with Gasteiger partial charge in [-0.05, 0) is 184 Å². The highest BCUT2D eigenvalue weighted by Gasteiger charge is 2.54. The zero-order chi connectivity index (χ0) is 52.3. The molecule has 10 aliphatic rings. The van der Waals surface area contributed by atoms with E-state index in [0.717, 1.165) is 73.6 Å². The second-order valence-electron chi connectivity index (χ2n) is 30.4. The van der Waals surface area contributed by atoms with E-state index in [1.54, 1.807) is 0 Å². The van der Waals surface area contributed by atoms with Gasteiger partial charge in [0.1, 0.15) is 11.4 Å². The number of fused-ring (bicyclic) bond motifs is 4. The van der Waals surface area contributed by atoms with Crippen molar-refractivity contribution in [3.05, 3.63) is 181 Å². The summed E-state index contributed by atoms with van der Waals surface area (Å²) in [7, 11) is 0. The number of nitrogens with one attached hydrogen (secondary N) is 2. The second-order valence-corrected chi connectivity index (χ2v) is 30.4. The van der Waals surface area contributed by atoms with Crippen molar-refractivity contribution in [2.45, 2.75) is 229 Å². The Kier molecular flexibility index (Phi) is 8.89. The van der Waals surface area contributed by atoms with Gasteiger partial charge in [-0.2, -0.15) is 10.2 Å². The molecule has 2 N–H and O–H groups in total. The molecule has 0 amide bonds. The van der Waals surface area contributed by atoms with Crippen LogP contribution in [0.3, 0.4) is 0 Å². The Bertz CT molecular complexity index is 3290. The van der Waals surface area contributed by atoms with E-state index >= 15 is 9.59 Å². The van der Waals surface area contributed by atoms with E-state index < -0.39 is 0 Å². The van der Waals surface area contributed by atoms with Crippen molar-refractivity contribution in [1.82, 2.24) is 20.4 Å². The van der Waals surface area contributed by atoms with Gasteiger partial charge in [-0.3, -0.25) is 9.59 Å². The fourth-order valence-corrected chi connectivity index (χ4v) is 17.0. The van der Waals surface area contributed by atoms with Crippen molar-refractivity contribution in [3.8, 4) is 11.4 Å². The molecule has 382 valence electrons. The van der Waals surface area contributed by atoms with Gasteiger partial charge in [0.2, 0.25) is 0 Å². The normalized spacial score (nSPS) is 26.6. The third-order valence-electron chi connectivity index (χ3n) is 22.2. The zero-order valence-corrected chi connectivity index (χ0v) is 47.3. The Morgan fingerprint density at radius 2 is 0.459 bits per heavy atom. The van der Waals surface area contributed by atoms with E-state index in [1.165, 1.54) is 89.0 Å². The molecule has 0 saturated heterocycles. The highest BCUT2D eigenvalue weighted by atomic mass is 16.1. The average Bonchev–Trinajstić information content (AvgIpc) is 3.39. The van der Waals surface area contributed by atoms with Crippen LogP contribution in [0.1, 0.15) is 297 Å². The van der Waals surface area contributed by atoms with Gasteiger partial charge in [-0.1, -0.05) is 159 Å². The molecule has 0 saturated carbocycles. The number of nitrogens with zero attached hydrogens (tertiary/aromatic N) is 2. The lowest BCUT2D eigenvalue weighted by Crippen LogP contribution is -2.41. The topological polar surface area (TPSA) is 91.5 Å². The number of rotatable bonds is 1. The van der Waals surface area contributed by atoms with Gasteiger partial charge in [0, 0.05) is 45.9 Å². The fraction of sp³-hybridized carbons (Fsp3) is 0.529. The summed E-state index contributed by atoms with van der Waals surface area (Å²) in [4.78, 5) is 30.4. The van der Waals surface area contributed by atoms with Crippen LogP contribution in [0.2, 0.25) is 0 Å². The van der Waals surface area contributed by atoms with Crippen molar-refractivity contribution >= 4 is 0 Å². The van der Waals surface area contributed by atoms with Crippen LogP contribution < -0.4 is 11.1 Å². The molecule has 6 nitrogen and oxygen atoms in total. The van der Waals surface area contributed by atoms with E-state index in [1.807, 2.05) is 0 Å². The summed E-state index contributed by atoms with van der Waals surface area (Å²) < 4.78 is 0. The molecule has 6 heteroatoms. The van der Waals surface area contributed by atoms with Crippen LogP contribution in [0, 0.1) is 0 Å². The molecule has 0 aliphatic heterocycles. The van der Waals surface area contributed by atoms with Crippen molar-refractivity contribution in [2.24, 2.45) is 0 Å². The molecule has 0 spiro atoms. The Morgan fingerprint density at radius 3 is 0.635 bits per heavy atom. The van der Waals surface area contributed by atoms with Gasteiger partial charge in [0.05, 0.1) is 0 Å². The number of aromatic amines is 2. The quantitative estimate of drug-likeness (QED) is 0.171. The van der Waals surface area contributed by atoms with Crippen molar-refractivity contribution in [1.29, 1.82) is 0 Å². The van der Waals surface area contributed by atoms with Crippen molar-refractivity contribution in [3.63, 3.8) is 0 Å². The average molecular weight is 983 g/mol. The SMILES string of the molecule is CC1(C)CCC(C)(C)c2cc3c(cc21)C1c2cc4c(cc2C3c2c1c(-c1n[nH]c(=O)c3c1C1c5cc6c(cc5C3c3cc5c(cc31)C(C)(C)CCC5(C)C)C(C)(C)CCC6(C)C)n[nH]c2=O)C(C)(C)CCC4(C)C. The third-order valence-corrected chi connectivity index (χ3v) is 22.2. The van der Waals surface area contributed by atoms with Gasteiger partial charge >= 0.3 is 0 Å². The van der Waals surface area contributed by atoms with Gasteiger partial charge < -0.3 is 0 Å². The van der Waals surface area contributed by atoms with Crippen LogP contribution >= 0.6 is 0 Å². The highest BCUT2D eigenvalue weighted by Crippen LogP contribution is 2.64. The molecule has 10 aliphatic carbocycles. The maximum atomic E-state index is 15.2. The second kappa shape index (κ2) is 14.0. The summed E-state index contributed by atoms with van der Waals surface area (Å²) >= 11 is 0. The molecule has 0 unspecified atom stereocenters. The summed E-state index contributed by atoms with van der Waals surface area (Å²) in [5.74, 6) is -1.07. The monoisotopic (exact) mass is 983 g/mol. The number of aromatic nitrogens is 4. The number of H-pyrrole nitrogens is 2. The predicted molar refractivity (Wildman–Crippen MR) is 299 cm³/mol. The molecule has 4 bridgehead atoms. The molecule has 4 aromatic carbocycles. The van der Waals surface area contributed by atoms with E-state index in [0.29, 0.717) is 11.4 Å². The fourth-order valence-electron chi connectivity index (χ4n) is 17.0. The van der Waals surface area contributed by atoms with E-state index in [9.17, 15) is 0 Å². The van der Waals surface area contributed by atoms with Crippen LogP contribution in [0.5, 0.6) is 0 Å². The minimum atomic E-state index is -0.284. The lowest BCUT2D eigenvalue weighted by Gasteiger charge is -2.49. The molecule has 0 radical (unpaired) electrons. The lowest BCUT2D eigenvalue weighted by molar-refractivity contribution is 0.329. The summed E-state index contributed by atoms with van der Waals surface area (Å²) in [6.45, 7) is 38.7. The third kappa shape index (κ3) is 5.90. The van der Waals surface area contributed by atoms with Crippen LogP contribution in [0.4, 0.5) is 0 Å². The van der Waals surface area contributed by atoms with Crippen molar-refractivity contribution < 1.29 is 0 Å². The molecular weight excluding hydrogens is 905 g/mol. The summed E-state index contributed by atoms with van der Waals surface area (Å²) in [5, 5.41) is 16.8. The molecule has 74 heavy (non-hydrogen) atoms. The Labute approximate surface area is 439 Å². The first-order valence-corrected chi connectivity index (χ1v) is 28.5. The first-order valence-electron chi connectivity index (χ1n) is 28.5. The summed E-state index contributed by atoms with van der Waals surface area (Å²) in [5.41, 5.74) is 26.2. The summed E-state index contributed by atoms with van der Waals surface area (Å²) in [6.07, 6.45) is 8.93. The summed E-state index contributed by atoms with van der Waals surface area (Å²) in [6, 6.07) is 20.4. The highest BCUT2D eigenvalue weighted by molar-refractivity contribution is 5.82. The Hall–Kier alpha value is -5.36. The number of hydrogen-bond acceptors (Lipinski definition) is 4. The maximum absolute atomic E-state index is 15.2. The van der Waals surface area contributed by atoms with E-state index in [-0.39, 0.29) is 78.1 Å². The largest absolute Gasteiger partial charge is 0.268 e. The van der Waals surface area contributed by atoms with Crippen LogP contribution in [0.15, 0.2) is 58.1 Å². The minimum Gasteiger partial charge on any atom is -0.268 e. The van der Waals surface area contributed by atoms with Crippen LogP contribution in [-0.4, -0.2) is 20.4 Å². The van der Waals surface area contributed by atoms with Gasteiger partial charge in [0.15, 0.2) is 0 Å². The van der Waals surface area contributed by atoms with Crippen LogP contribution in [-0.2, 0) is 43.3 Å². The van der Waals surface area contributed by atoms with Crippen molar-refractivity contribution in [2.75, 3.05) is 0 Å². The predicted octanol–water partition coefficient (Wildman–Crippen LogP) is 14.9. The molecule has 2 aromatic heterocycles. The molecule has 0 atom stereocenters. The van der Waals surface area contributed by atoms with Gasteiger partial charge in [0.25, 0.3) is 11.1 Å².